The highest BCUT2D eigenvalue weighted by Crippen LogP contribution is 2.21. The molecule has 0 radical (unpaired) electrons. The molecule has 9 heteroatoms. The molecule has 0 unspecified atom stereocenters. The second-order valence-corrected chi connectivity index (χ2v) is 8.12. The molecule has 2 heterocycles. The lowest BCUT2D eigenvalue weighted by Crippen LogP contribution is -2.50. The molecule has 0 atom stereocenters. The van der Waals surface area contributed by atoms with Gasteiger partial charge in [-0.25, -0.2) is 13.4 Å². The highest BCUT2D eigenvalue weighted by atomic mass is 35.5. The number of hydrogen-bond donors (Lipinski definition) is 0. The summed E-state index contributed by atoms with van der Waals surface area (Å²) in [5, 5.41) is 2.07. The molecule has 1 aromatic heterocycles. The van der Waals surface area contributed by atoms with Crippen molar-refractivity contribution in [3.8, 4) is 0 Å². The Morgan fingerprint density at radius 1 is 1.22 bits per heavy atom. The van der Waals surface area contributed by atoms with Gasteiger partial charge in [-0.3, -0.25) is 4.79 Å². The first kappa shape index (κ1) is 16.4. The largest absolute Gasteiger partial charge is 0.335 e. The molecule has 1 aromatic carbocycles. The number of piperazine rings is 1. The lowest BCUT2D eigenvalue weighted by atomic mass is 10.3. The summed E-state index contributed by atoms with van der Waals surface area (Å²) in [6.45, 7) is 1.20. The van der Waals surface area contributed by atoms with Crippen LogP contribution in [0.2, 0.25) is 5.02 Å². The second-order valence-electron chi connectivity index (χ2n) is 5.03. The second kappa shape index (κ2) is 6.56. The molecule has 1 aliphatic heterocycles. The van der Waals surface area contributed by atoms with Crippen molar-refractivity contribution in [2.24, 2.45) is 0 Å². The minimum absolute atomic E-state index is 0.161. The summed E-state index contributed by atoms with van der Waals surface area (Å²) in [6, 6.07) is 6.19. The van der Waals surface area contributed by atoms with E-state index in [0.717, 1.165) is 0 Å². The van der Waals surface area contributed by atoms with Gasteiger partial charge in [-0.1, -0.05) is 17.7 Å². The van der Waals surface area contributed by atoms with Gasteiger partial charge in [-0.05, 0) is 18.2 Å². The van der Waals surface area contributed by atoms with Crippen LogP contribution < -0.4 is 0 Å². The van der Waals surface area contributed by atoms with E-state index in [9.17, 15) is 13.2 Å². The number of thiazole rings is 1. The molecule has 0 N–H and O–H groups in total. The number of benzene rings is 1. The fourth-order valence-electron chi connectivity index (χ4n) is 2.39. The zero-order valence-corrected chi connectivity index (χ0v) is 14.4. The molecule has 0 spiro atoms. The van der Waals surface area contributed by atoms with Crippen molar-refractivity contribution in [1.29, 1.82) is 0 Å². The van der Waals surface area contributed by atoms with Crippen LogP contribution >= 0.6 is 22.9 Å². The van der Waals surface area contributed by atoms with Gasteiger partial charge in [0, 0.05) is 36.6 Å². The predicted octanol–water partition coefficient (Wildman–Crippen LogP) is 1.94. The van der Waals surface area contributed by atoms with Gasteiger partial charge in [0.2, 0.25) is 10.0 Å². The van der Waals surface area contributed by atoms with E-state index in [1.165, 1.54) is 27.8 Å². The maximum Gasteiger partial charge on any atom is 0.273 e. The van der Waals surface area contributed by atoms with E-state index in [2.05, 4.69) is 4.98 Å². The third-order valence-electron chi connectivity index (χ3n) is 3.61. The summed E-state index contributed by atoms with van der Waals surface area (Å²) in [7, 11) is -3.59. The van der Waals surface area contributed by atoms with Gasteiger partial charge < -0.3 is 4.90 Å². The first-order valence-corrected chi connectivity index (χ1v) is 9.68. The lowest BCUT2D eigenvalue weighted by molar-refractivity contribution is 0.0693. The molecule has 1 amide bonds. The number of sulfonamides is 1. The highest BCUT2D eigenvalue weighted by molar-refractivity contribution is 7.89. The van der Waals surface area contributed by atoms with Gasteiger partial charge >= 0.3 is 0 Å². The van der Waals surface area contributed by atoms with Gasteiger partial charge in [0.1, 0.15) is 5.69 Å². The molecule has 1 fully saturated rings. The Balaban J connectivity index is 1.70. The average Bonchev–Trinajstić information content (AvgIpc) is 3.09. The van der Waals surface area contributed by atoms with Gasteiger partial charge in [-0.15, -0.1) is 11.3 Å². The molecule has 2 aromatic rings. The molecule has 23 heavy (non-hydrogen) atoms. The highest BCUT2D eigenvalue weighted by Gasteiger charge is 2.30. The van der Waals surface area contributed by atoms with Crippen LogP contribution in [0.1, 0.15) is 10.5 Å². The number of carbonyl (C=O) groups excluding carboxylic acids is 1. The quantitative estimate of drug-likeness (QED) is 0.826. The Kier molecular flexibility index (Phi) is 4.67. The van der Waals surface area contributed by atoms with Crippen molar-refractivity contribution in [3.63, 3.8) is 0 Å². The van der Waals surface area contributed by atoms with E-state index < -0.39 is 10.0 Å². The standard InChI is InChI=1S/C14H14ClN3O3S2/c15-11-2-1-3-12(8-11)23(20,21)18-6-4-17(5-7-18)14(19)13-9-22-10-16-13/h1-3,8-10H,4-7H2. The molecule has 1 aliphatic rings. The molecule has 0 bridgehead atoms. The SMILES string of the molecule is O=C(c1cscn1)N1CCN(S(=O)(=O)c2cccc(Cl)c2)CC1. The van der Waals surface area contributed by atoms with E-state index >= 15 is 0 Å². The molecule has 122 valence electrons. The number of carbonyl (C=O) groups is 1. The van der Waals surface area contributed by atoms with Crippen LogP contribution in [0.4, 0.5) is 0 Å². The Labute approximate surface area is 143 Å². The maximum absolute atomic E-state index is 12.6. The summed E-state index contributed by atoms with van der Waals surface area (Å²) in [5.74, 6) is -0.161. The van der Waals surface area contributed by atoms with E-state index in [1.807, 2.05) is 0 Å². The van der Waals surface area contributed by atoms with E-state index in [0.29, 0.717) is 23.8 Å². The summed E-state index contributed by atoms with van der Waals surface area (Å²) >= 11 is 7.23. The van der Waals surface area contributed by atoms with Crippen LogP contribution in [-0.2, 0) is 10.0 Å². The summed E-state index contributed by atoms with van der Waals surface area (Å²) in [6.07, 6.45) is 0. The third-order valence-corrected chi connectivity index (χ3v) is 6.33. The Hall–Kier alpha value is -1.48. The number of halogens is 1. The number of hydrogen-bond acceptors (Lipinski definition) is 5. The van der Waals surface area contributed by atoms with E-state index in [4.69, 9.17) is 11.6 Å². The molecular formula is C14H14ClN3O3S2. The van der Waals surface area contributed by atoms with Gasteiger partial charge in [0.15, 0.2) is 0 Å². The average molecular weight is 372 g/mol. The van der Waals surface area contributed by atoms with Crippen LogP contribution in [-0.4, -0.2) is 54.7 Å². The summed E-state index contributed by atoms with van der Waals surface area (Å²) in [5.41, 5.74) is 2.01. The molecule has 1 saturated heterocycles. The third kappa shape index (κ3) is 3.40. The van der Waals surface area contributed by atoms with Crippen LogP contribution in [0, 0.1) is 0 Å². The van der Waals surface area contributed by atoms with Gasteiger partial charge in [-0.2, -0.15) is 4.31 Å². The molecule has 3 rings (SSSR count). The van der Waals surface area contributed by atoms with Crippen LogP contribution in [0.25, 0.3) is 0 Å². The van der Waals surface area contributed by atoms with Gasteiger partial charge in [0.25, 0.3) is 5.91 Å². The lowest BCUT2D eigenvalue weighted by Gasteiger charge is -2.33. The smallest absolute Gasteiger partial charge is 0.273 e. The van der Waals surface area contributed by atoms with Gasteiger partial charge in [0.05, 0.1) is 10.4 Å². The van der Waals surface area contributed by atoms with Crippen LogP contribution in [0.3, 0.4) is 0 Å². The Morgan fingerprint density at radius 3 is 2.57 bits per heavy atom. The first-order valence-electron chi connectivity index (χ1n) is 6.91. The van der Waals surface area contributed by atoms with E-state index in [1.54, 1.807) is 27.9 Å². The predicted molar refractivity (Wildman–Crippen MR) is 88.2 cm³/mol. The van der Waals surface area contributed by atoms with Crippen molar-refractivity contribution < 1.29 is 13.2 Å². The van der Waals surface area contributed by atoms with Crippen molar-refractivity contribution in [1.82, 2.24) is 14.2 Å². The van der Waals surface area contributed by atoms with Crippen molar-refractivity contribution >= 4 is 38.9 Å². The molecule has 6 nitrogen and oxygen atoms in total. The first-order chi connectivity index (χ1) is 11.0. The Bertz CT molecular complexity index is 800. The molecule has 0 aliphatic carbocycles. The number of rotatable bonds is 3. The summed E-state index contributed by atoms with van der Waals surface area (Å²) < 4.78 is 26.6. The normalized spacial score (nSPS) is 16.5. The molecule has 0 saturated carbocycles. The van der Waals surface area contributed by atoms with Crippen molar-refractivity contribution in [3.05, 3.63) is 45.9 Å². The van der Waals surface area contributed by atoms with Crippen molar-refractivity contribution in [2.45, 2.75) is 4.90 Å². The minimum Gasteiger partial charge on any atom is -0.335 e. The number of amides is 1. The monoisotopic (exact) mass is 371 g/mol. The minimum atomic E-state index is -3.59. The van der Waals surface area contributed by atoms with E-state index in [-0.39, 0.29) is 23.9 Å². The zero-order valence-electron chi connectivity index (χ0n) is 12.1. The fourth-order valence-corrected chi connectivity index (χ4v) is 4.64. The fraction of sp³-hybridized carbons (Fsp3) is 0.286. The summed E-state index contributed by atoms with van der Waals surface area (Å²) in [4.78, 5) is 18.0. The number of aromatic nitrogens is 1. The zero-order chi connectivity index (χ0) is 16.4. The van der Waals surface area contributed by atoms with Crippen molar-refractivity contribution in [2.75, 3.05) is 26.2 Å². The van der Waals surface area contributed by atoms with Crippen LogP contribution in [0.5, 0.6) is 0 Å². The topological polar surface area (TPSA) is 70.6 Å². The number of nitrogens with zero attached hydrogens (tertiary/aromatic N) is 3. The maximum atomic E-state index is 12.6. The Morgan fingerprint density at radius 2 is 1.96 bits per heavy atom. The molecular weight excluding hydrogens is 358 g/mol. The van der Waals surface area contributed by atoms with Crippen LogP contribution in [0.15, 0.2) is 40.1 Å².